The van der Waals surface area contributed by atoms with Crippen molar-refractivity contribution in [3.63, 3.8) is 0 Å². The van der Waals surface area contributed by atoms with Crippen LogP contribution >= 0.6 is 15.9 Å². The third-order valence-corrected chi connectivity index (χ3v) is 3.62. The van der Waals surface area contributed by atoms with E-state index in [9.17, 15) is 4.79 Å². The van der Waals surface area contributed by atoms with Crippen LogP contribution in [0.4, 0.5) is 5.69 Å². The molecular weight excluding hydrogens is 320 g/mol. The summed E-state index contributed by atoms with van der Waals surface area (Å²) in [5.74, 6) is 1.39. The minimum Gasteiger partial charge on any atom is -0.439 e. The Morgan fingerprint density at radius 3 is 2.95 bits per heavy atom. The second kappa shape index (κ2) is 5.25. The van der Waals surface area contributed by atoms with Crippen molar-refractivity contribution >= 4 is 27.5 Å². The summed E-state index contributed by atoms with van der Waals surface area (Å²) in [4.78, 5) is 15.6. The monoisotopic (exact) mass is 332 g/mol. The summed E-state index contributed by atoms with van der Waals surface area (Å²) in [6.45, 7) is 1.95. The summed E-state index contributed by atoms with van der Waals surface area (Å²) in [5.41, 5.74) is 2.93. The van der Waals surface area contributed by atoms with Crippen molar-refractivity contribution in [3.05, 3.63) is 46.1 Å². The standard InChI is InChI=1S/C15H13BrN2O2/c1-9-6-11(16)8-17-15(9)20-12-3-4-13-10(7-12)2-5-14(19)18-13/h3-4,6-8H,2,5H2,1H3,(H,18,19). The van der Waals surface area contributed by atoms with Gasteiger partial charge in [0.2, 0.25) is 11.8 Å². The number of nitrogens with one attached hydrogen (secondary N) is 1. The highest BCUT2D eigenvalue weighted by Gasteiger charge is 2.15. The molecule has 0 unspecified atom stereocenters. The number of hydrogen-bond acceptors (Lipinski definition) is 3. The van der Waals surface area contributed by atoms with Crippen LogP contribution < -0.4 is 10.1 Å². The highest BCUT2D eigenvalue weighted by Crippen LogP contribution is 2.30. The number of benzene rings is 1. The summed E-state index contributed by atoms with van der Waals surface area (Å²) in [6, 6.07) is 7.63. The van der Waals surface area contributed by atoms with E-state index in [2.05, 4.69) is 26.2 Å². The van der Waals surface area contributed by atoms with Crippen molar-refractivity contribution in [3.8, 4) is 11.6 Å². The smallest absolute Gasteiger partial charge is 0.224 e. The normalized spacial score (nSPS) is 13.6. The Labute approximate surface area is 125 Å². The first kappa shape index (κ1) is 13.1. The van der Waals surface area contributed by atoms with E-state index in [1.165, 1.54) is 0 Å². The zero-order valence-corrected chi connectivity index (χ0v) is 12.5. The summed E-state index contributed by atoms with van der Waals surface area (Å²) in [7, 11) is 0. The van der Waals surface area contributed by atoms with E-state index in [0.29, 0.717) is 12.3 Å². The minimum atomic E-state index is 0.0663. The van der Waals surface area contributed by atoms with Gasteiger partial charge < -0.3 is 10.1 Å². The fraction of sp³-hybridized carbons (Fsp3) is 0.200. The van der Waals surface area contributed by atoms with Crippen molar-refractivity contribution in [2.75, 3.05) is 5.32 Å². The fourth-order valence-electron chi connectivity index (χ4n) is 2.17. The molecule has 1 aliphatic rings. The average Bonchev–Trinajstić information content (AvgIpc) is 2.42. The van der Waals surface area contributed by atoms with E-state index in [-0.39, 0.29) is 5.91 Å². The first-order valence-corrected chi connectivity index (χ1v) is 7.14. The Morgan fingerprint density at radius 2 is 2.15 bits per heavy atom. The lowest BCUT2D eigenvalue weighted by atomic mass is 10.0. The molecule has 0 fully saturated rings. The van der Waals surface area contributed by atoms with Gasteiger partial charge in [-0.25, -0.2) is 4.98 Å². The molecule has 1 N–H and O–H groups in total. The molecule has 1 aliphatic heterocycles. The first-order chi connectivity index (χ1) is 9.61. The van der Waals surface area contributed by atoms with Crippen LogP contribution in [-0.4, -0.2) is 10.9 Å². The summed E-state index contributed by atoms with van der Waals surface area (Å²) in [6.07, 6.45) is 2.97. The van der Waals surface area contributed by atoms with E-state index in [4.69, 9.17) is 4.74 Å². The topological polar surface area (TPSA) is 51.2 Å². The van der Waals surface area contributed by atoms with Crippen molar-refractivity contribution in [2.45, 2.75) is 19.8 Å². The molecule has 20 heavy (non-hydrogen) atoms. The molecule has 0 atom stereocenters. The van der Waals surface area contributed by atoms with Crippen LogP contribution in [0.5, 0.6) is 11.6 Å². The van der Waals surface area contributed by atoms with Crippen LogP contribution in [0.2, 0.25) is 0 Å². The lowest BCUT2D eigenvalue weighted by molar-refractivity contribution is -0.116. The number of fused-ring (bicyclic) bond motifs is 1. The van der Waals surface area contributed by atoms with Crippen LogP contribution in [-0.2, 0) is 11.2 Å². The number of carbonyl (C=O) groups excluding carboxylic acids is 1. The van der Waals surface area contributed by atoms with Gasteiger partial charge in [0, 0.05) is 28.3 Å². The highest BCUT2D eigenvalue weighted by molar-refractivity contribution is 9.10. The van der Waals surface area contributed by atoms with Gasteiger partial charge in [-0.05, 0) is 59.1 Å². The number of ether oxygens (including phenoxy) is 1. The molecular formula is C15H13BrN2O2. The second-order valence-electron chi connectivity index (χ2n) is 4.74. The predicted octanol–water partition coefficient (Wildman–Crippen LogP) is 3.83. The Kier molecular flexibility index (Phi) is 3.44. The quantitative estimate of drug-likeness (QED) is 0.909. The molecule has 0 aliphatic carbocycles. The molecule has 0 saturated carbocycles. The predicted molar refractivity (Wildman–Crippen MR) is 80.1 cm³/mol. The van der Waals surface area contributed by atoms with Crippen molar-refractivity contribution in [2.24, 2.45) is 0 Å². The highest BCUT2D eigenvalue weighted by atomic mass is 79.9. The van der Waals surface area contributed by atoms with Gasteiger partial charge in [0.1, 0.15) is 5.75 Å². The summed E-state index contributed by atoms with van der Waals surface area (Å²) in [5, 5.41) is 2.85. The number of pyridine rings is 1. The van der Waals surface area contributed by atoms with Crippen LogP contribution in [0.25, 0.3) is 0 Å². The van der Waals surface area contributed by atoms with Gasteiger partial charge in [-0.15, -0.1) is 0 Å². The first-order valence-electron chi connectivity index (χ1n) is 6.34. The van der Waals surface area contributed by atoms with E-state index in [1.54, 1.807) is 6.20 Å². The van der Waals surface area contributed by atoms with Gasteiger partial charge >= 0.3 is 0 Å². The molecule has 4 nitrogen and oxygen atoms in total. The third-order valence-electron chi connectivity index (χ3n) is 3.18. The Morgan fingerprint density at radius 1 is 1.30 bits per heavy atom. The minimum absolute atomic E-state index is 0.0663. The number of nitrogens with zero attached hydrogens (tertiary/aromatic N) is 1. The molecule has 1 amide bonds. The largest absolute Gasteiger partial charge is 0.439 e. The van der Waals surface area contributed by atoms with Crippen molar-refractivity contribution in [1.82, 2.24) is 4.98 Å². The van der Waals surface area contributed by atoms with Gasteiger partial charge in [0.15, 0.2) is 0 Å². The number of amides is 1. The van der Waals surface area contributed by atoms with Crippen LogP contribution in [0.15, 0.2) is 34.9 Å². The lowest BCUT2D eigenvalue weighted by Gasteiger charge is -2.17. The molecule has 0 bridgehead atoms. The molecule has 0 saturated heterocycles. The van der Waals surface area contributed by atoms with Crippen molar-refractivity contribution < 1.29 is 9.53 Å². The molecule has 3 rings (SSSR count). The van der Waals surface area contributed by atoms with Gasteiger partial charge in [-0.3, -0.25) is 4.79 Å². The van der Waals surface area contributed by atoms with Crippen molar-refractivity contribution in [1.29, 1.82) is 0 Å². The van der Waals surface area contributed by atoms with Crippen LogP contribution in [0, 0.1) is 6.92 Å². The average molecular weight is 333 g/mol. The number of carbonyl (C=O) groups is 1. The Bertz CT molecular complexity index is 686. The second-order valence-corrected chi connectivity index (χ2v) is 5.66. The molecule has 102 valence electrons. The molecule has 0 radical (unpaired) electrons. The maximum absolute atomic E-state index is 11.3. The lowest BCUT2D eigenvalue weighted by Crippen LogP contribution is -2.18. The molecule has 2 heterocycles. The van der Waals surface area contributed by atoms with E-state index in [0.717, 1.165) is 33.5 Å². The zero-order chi connectivity index (χ0) is 14.1. The molecule has 2 aromatic rings. The maximum atomic E-state index is 11.3. The van der Waals surface area contributed by atoms with Gasteiger partial charge in [0.25, 0.3) is 0 Å². The number of anilines is 1. The number of rotatable bonds is 2. The number of aromatic nitrogens is 1. The Hall–Kier alpha value is -1.88. The van der Waals surface area contributed by atoms with Gasteiger partial charge in [-0.1, -0.05) is 0 Å². The van der Waals surface area contributed by atoms with E-state index >= 15 is 0 Å². The molecule has 0 spiro atoms. The maximum Gasteiger partial charge on any atom is 0.224 e. The third kappa shape index (κ3) is 2.67. The SMILES string of the molecule is Cc1cc(Br)cnc1Oc1ccc2c(c1)CCC(=O)N2. The van der Waals surface area contributed by atoms with Gasteiger partial charge in [-0.2, -0.15) is 0 Å². The molecule has 5 heteroatoms. The van der Waals surface area contributed by atoms with E-state index < -0.39 is 0 Å². The number of halogens is 1. The zero-order valence-electron chi connectivity index (χ0n) is 10.9. The molecule has 1 aromatic heterocycles. The Balaban J connectivity index is 1.86. The molecule has 1 aromatic carbocycles. The van der Waals surface area contributed by atoms with Crippen LogP contribution in [0.3, 0.4) is 0 Å². The summed E-state index contributed by atoms with van der Waals surface area (Å²) >= 11 is 3.38. The number of aryl methyl sites for hydroxylation is 2. The van der Waals surface area contributed by atoms with E-state index in [1.807, 2.05) is 31.2 Å². The fourth-order valence-corrected chi connectivity index (χ4v) is 2.62. The van der Waals surface area contributed by atoms with Crippen LogP contribution in [0.1, 0.15) is 17.5 Å². The summed E-state index contributed by atoms with van der Waals surface area (Å²) < 4.78 is 6.74. The number of hydrogen-bond donors (Lipinski definition) is 1. The van der Waals surface area contributed by atoms with Gasteiger partial charge in [0.05, 0.1) is 0 Å².